The third kappa shape index (κ3) is 0.561. The molecule has 1 unspecified atom stereocenters. The van der Waals surface area contributed by atoms with Gasteiger partial charge in [-0.1, -0.05) is 6.92 Å². The molecule has 0 fully saturated rings. The number of carbonyl (C=O) groups is 1. The summed E-state index contributed by atoms with van der Waals surface area (Å²) < 4.78 is 0. The van der Waals surface area contributed by atoms with Crippen molar-refractivity contribution in [1.29, 1.82) is 0 Å². The Morgan fingerprint density at radius 1 is 1.60 bits per heavy atom. The first-order valence-corrected chi connectivity index (χ1v) is 3.49. The molecule has 1 aromatic heterocycles. The second kappa shape index (κ2) is 1.72. The summed E-state index contributed by atoms with van der Waals surface area (Å²) in [6.07, 6.45) is 4.62. The van der Waals surface area contributed by atoms with Gasteiger partial charge >= 0.3 is 0 Å². The Hall–Kier alpha value is -1.05. The normalized spacial score (nSPS) is 23.3. The molecule has 0 radical (unpaired) electrons. The van der Waals surface area contributed by atoms with Crippen LogP contribution in [0.15, 0.2) is 12.4 Å². The molecule has 2 rings (SSSR count). The van der Waals surface area contributed by atoms with Crippen molar-refractivity contribution in [3.05, 3.63) is 23.5 Å². The molecule has 0 saturated heterocycles. The number of fused-ring (bicyclic) bond motifs is 1. The van der Waals surface area contributed by atoms with Crippen molar-refractivity contribution < 1.29 is 4.79 Å². The van der Waals surface area contributed by atoms with Crippen molar-refractivity contribution >= 4 is 5.78 Å². The third-order valence-corrected chi connectivity index (χ3v) is 2.07. The monoisotopic (exact) mass is 135 g/mol. The summed E-state index contributed by atoms with van der Waals surface area (Å²) in [4.78, 5) is 14.2. The molecular formula is C8H9NO. The fraction of sp³-hybridized carbons (Fsp3) is 0.375. The van der Waals surface area contributed by atoms with Crippen LogP contribution in [-0.2, 0) is 6.42 Å². The first-order chi connectivity index (χ1) is 4.79. The van der Waals surface area contributed by atoms with Gasteiger partial charge in [-0.15, -0.1) is 0 Å². The molecule has 1 atom stereocenters. The summed E-state index contributed by atoms with van der Waals surface area (Å²) in [6, 6.07) is 0. The van der Waals surface area contributed by atoms with Crippen molar-refractivity contribution in [1.82, 2.24) is 4.98 Å². The van der Waals surface area contributed by atoms with Crippen molar-refractivity contribution in [3.8, 4) is 0 Å². The van der Waals surface area contributed by atoms with Crippen LogP contribution in [-0.4, -0.2) is 10.8 Å². The number of rotatable bonds is 0. The molecule has 1 N–H and O–H groups in total. The van der Waals surface area contributed by atoms with Gasteiger partial charge in [0.25, 0.3) is 0 Å². The quantitative estimate of drug-likeness (QED) is 0.573. The van der Waals surface area contributed by atoms with E-state index in [4.69, 9.17) is 0 Å². The molecule has 0 aromatic carbocycles. The van der Waals surface area contributed by atoms with Crippen LogP contribution in [0.5, 0.6) is 0 Å². The number of nitrogens with one attached hydrogen (secondary N) is 1. The highest BCUT2D eigenvalue weighted by molar-refractivity contribution is 6.01. The van der Waals surface area contributed by atoms with E-state index in [1.807, 2.05) is 13.1 Å². The smallest absolute Gasteiger partial charge is 0.167 e. The minimum absolute atomic E-state index is 0.208. The van der Waals surface area contributed by atoms with E-state index < -0.39 is 0 Å². The number of hydrogen-bond acceptors (Lipinski definition) is 1. The molecule has 1 aliphatic carbocycles. The topological polar surface area (TPSA) is 32.9 Å². The number of hydrogen-bond donors (Lipinski definition) is 1. The lowest BCUT2D eigenvalue weighted by Gasteiger charge is -1.94. The van der Waals surface area contributed by atoms with Gasteiger partial charge in [0.1, 0.15) is 0 Å². The summed E-state index contributed by atoms with van der Waals surface area (Å²) in [5.41, 5.74) is 2.07. The van der Waals surface area contributed by atoms with Crippen LogP contribution in [0.3, 0.4) is 0 Å². The van der Waals surface area contributed by atoms with E-state index in [9.17, 15) is 4.79 Å². The van der Waals surface area contributed by atoms with Crippen LogP contribution in [0.2, 0.25) is 0 Å². The maximum atomic E-state index is 11.2. The standard InChI is InChI=1S/C8H9NO/c1-5-2-6-3-9-4-7(6)8(5)10/h3-5,9H,2H2,1H3. The average molecular weight is 135 g/mol. The zero-order chi connectivity index (χ0) is 7.14. The van der Waals surface area contributed by atoms with Crippen molar-refractivity contribution in [3.63, 3.8) is 0 Å². The second-order valence-electron chi connectivity index (χ2n) is 2.86. The van der Waals surface area contributed by atoms with Gasteiger partial charge in [-0.3, -0.25) is 4.79 Å². The zero-order valence-corrected chi connectivity index (χ0v) is 5.85. The fourth-order valence-corrected chi connectivity index (χ4v) is 1.48. The van der Waals surface area contributed by atoms with E-state index in [-0.39, 0.29) is 11.7 Å². The van der Waals surface area contributed by atoms with Gasteiger partial charge in [0.05, 0.1) is 0 Å². The van der Waals surface area contributed by atoms with E-state index >= 15 is 0 Å². The Bertz CT molecular complexity index is 275. The second-order valence-corrected chi connectivity index (χ2v) is 2.86. The lowest BCUT2D eigenvalue weighted by molar-refractivity contribution is 0.0946. The molecule has 1 aromatic rings. The van der Waals surface area contributed by atoms with E-state index in [1.54, 1.807) is 6.20 Å². The van der Waals surface area contributed by atoms with Gasteiger partial charge < -0.3 is 4.98 Å². The summed E-state index contributed by atoms with van der Waals surface area (Å²) in [7, 11) is 0. The number of carbonyl (C=O) groups excluding carboxylic acids is 1. The van der Waals surface area contributed by atoms with Crippen LogP contribution in [0.25, 0.3) is 0 Å². The number of Topliss-reactive ketones (excluding diaryl/α,β-unsaturated/α-hetero) is 1. The Morgan fingerprint density at radius 3 is 3.10 bits per heavy atom. The van der Waals surface area contributed by atoms with Crippen LogP contribution >= 0.6 is 0 Å². The van der Waals surface area contributed by atoms with Crippen LogP contribution in [0.1, 0.15) is 22.8 Å². The van der Waals surface area contributed by atoms with Gasteiger partial charge in [-0.25, -0.2) is 0 Å². The number of aromatic nitrogens is 1. The molecule has 52 valence electrons. The molecule has 2 heteroatoms. The van der Waals surface area contributed by atoms with Gasteiger partial charge in [0.2, 0.25) is 0 Å². The Labute approximate surface area is 59.3 Å². The molecule has 0 aliphatic heterocycles. The van der Waals surface area contributed by atoms with Gasteiger partial charge in [0, 0.05) is 23.9 Å². The number of aromatic amines is 1. The number of ketones is 1. The molecular weight excluding hydrogens is 126 g/mol. The SMILES string of the molecule is CC1Cc2c[nH]cc2C1=O. The van der Waals surface area contributed by atoms with Crippen LogP contribution in [0.4, 0.5) is 0 Å². The summed E-state index contributed by atoms with van der Waals surface area (Å²) in [6.45, 7) is 1.97. The molecule has 2 nitrogen and oxygen atoms in total. The first-order valence-electron chi connectivity index (χ1n) is 3.49. The highest BCUT2D eigenvalue weighted by Crippen LogP contribution is 2.25. The van der Waals surface area contributed by atoms with E-state index in [0.717, 1.165) is 12.0 Å². The van der Waals surface area contributed by atoms with E-state index in [2.05, 4.69) is 4.98 Å². The molecule has 0 spiro atoms. The minimum atomic E-state index is 0.208. The molecule has 10 heavy (non-hydrogen) atoms. The molecule has 0 bridgehead atoms. The van der Waals surface area contributed by atoms with Gasteiger partial charge in [0.15, 0.2) is 5.78 Å². The largest absolute Gasteiger partial charge is 0.367 e. The zero-order valence-electron chi connectivity index (χ0n) is 5.85. The van der Waals surface area contributed by atoms with Gasteiger partial charge in [-0.2, -0.15) is 0 Å². The molecule has 1 heterocycles. The van der Waals surface area contributed by atoms with E-state index in [0.29, 0.717) is 0 Å². The maximum absolute atomic E-state index is 11.2. The summed E-state index contributed by atoms with van der Waals surface area (Å²) >= 11 is 0. The van der Waals surface area contributed by atoms with Crippen molar-refractivity contribution in [2.45, 2.75) is 13.3 Å². The molecule has 1 aliphatic rings. The molecule has 0 saturated carbocycles. The highest BCUT2D eigenvalue weighted by Gasteiger charge is 2.26. The predicted octanol–water partition coefficient (Wildman–Crippen LogP) is 1.39. The van der Waals surface area contributed by atoms with Crippen molar-refractivity contribution in [2.24, 2.45) is 5.92 Å². The van der Waals surface area contributed by atoms with Crippen LogP contribution < -0.4 is 0 Å². The number of H-pyrrole nitrogens is 1. The van der Waals surface area contributed by atoms with Gasteiger partial charge in [-0.05, 0) is 12.0 Å². The third-order valence-electron chi connectivity index (χ3n) is 2.07. The Morgan fingerprint density at radius 2 is 2.40 bits per heavy atom. The maximum Gasteiger partial charge on any atom is 0.167 e. The lowest BCUT2D eigenvalue weighted by atomic mass is 10.1. The fourth-order valence-electron chi connectivity index (χ4n) is 1.48. The summed E-state index contributed by atoms with van der Waals surface area (Å²) in [5.74, 6) is 0.496. The highest BCUT2D eigenvalue weighted by atomic mass is 16.1. The van der Waals surface area contributed by atoms with Crippen molar-refractivity contribution in [2.75, 3.05) is 0 Å². The Balaban J connectivity index is 2.53. The summed E-state index contributed by atoms with van der Waals surface area (Å²) in [5, 5.41) is 0. The predicted molar refractivity (Wildman–Crippen MR) is 38.0 cm³/mol. The van der Waals surface area contributed by atoms with E-state index in [1.165, 1.54) is 5.56 Å². The Kier molecular flexibility index (Phi) is 0.982. The van der Waals surface area contributed by atoms with Crippen LogP contribution in [0, 0.1) is 5.92 Å². The molecule has 0 amide bonds. The minimum Gasteiger partial charge on any atom is -0.367 e. The lowest BCUT2D eigenvalue weighted by Crippen LogP contribution is -2.03. The first kappa shape index (κ1) is 5.71. The average Bonchev–Trinajstić information content (AvgIpc) is 2.41.